The molecular weight excluding hydrogens is 283 g/mol. The van der Waals surface area contributed by atoms with Crippen LogP contribution < -0.4 is 4.90 Å². The Bertz CT molecular complexity index is 719. The van der Waals surface area contributed by atoms with Crippen molar-refractivity contribution < 1.29 is 14.0 Å². The van der Waals surface area contributed by atoms with Crippen LogP contribution in [0, 0.1) is 5.82 Å². The van der Waals surface area contributed by atoms with E-state index < -0.39 is 17.5 Å². The minimum absolute atomic E-state index is 0.111. The van der Waals surface area contributed by atoms with Crippen molar-refractivity contribution in [3.05, 3.63) is 58.6 Å². The van der Waals surface area contributed by atoms with Gasteiger partial charge in [-0.1, -0.05) is 17.7 Å². The number of fused-ring (bicyclic) bond motifs is 1. The first kappa shape index (κ1) is 12.7. The fourth-order valence-corrected chi connectivity index (χ4v) is 2.26. The lowest BCUT2D eigenvalue weighted by molar-refractivity contribution is -0.114. The van der Waals surface area contributed by atoms with Crippen LogP contribution in [0.5, 0.6) is 0 Å². The molecule has 1 aromatic carbocycles. The zero-order valence-corrected chi connectivity index (χ0v) is 10.9. The summed E-state index contributed by atoms with van der Waals surface area (Å²) in [4.78, 5) is 29.1. The maximum Gasteiger partial charge on any atom is 0.299 e. The van der Waals surface area contributed by atoms with E-state index in [1.807, 2.05) is 0 Å². The lowest BCUT2D eigenvalue weighted by atomic mass is 10.1. The predicted molar refractivity (Wildman–Crippen MR) is 71.2 cm³/mol. The summed E-state index contributed by atoms with van der Waals surface area (Å²) in [6.07, 6.45) is 1.58. The van der Waals surface area contributed by atoms with Gasteiger partial charge in [0, 0.05) is 6.20 Å². The zero-order valence-electron chi connectivity index (χ0n) is 10.1. The number of carbonyl (C=O) groups is 2. The highest BCUT2D eigenvalue weighted by Crippen LogP contribution is 2.33. The second-order valence-electron chi connectivity index (χ2n) is 4.32. The van der Waals surface area contributed by atoms with E-state index in [4.69, 9.17) is 11.6 Å². The lowest BCUT2D eigenvalue weighted by Crippen LogP contribution is -2.29. The molecular formula is C14H8ClFN2O2. The predicted octanol–water partition coefficient (Wildman–Crippen LogP) is 2.60. The number of hydrogen-bond acceptors (Lipinski definition) is 3. The van der Waals surface area contributed by atoms with E-state index >= 15 is 0 Å². The monoisotopic (exact) mass is 290 g/mol. The molecule has 0 saturated heterocycles. The quantitative estimate of drug-likeness (QED) is 0.799. The van der Waals surface area contributed by atoms with Gasteiger partial charge >= 0.3 is 0 Å². The molecule has 3 rings (SSSR count). The first-order valence-corrected chi connectivity index (χ1v) is 6.21. The summed E-state index contributed by atoms with van der Waals surface area (Å²) in [5.74, 6) is -2.05. The van der Waals surface area contributed by atoms with E-state index in [0.717, 1.165) is 6.07 Å². The molecule has 0 saturated carbocycles. The zero-order chi connectivity index (χ0) is 14.3. The van der Waals surface area contributed by atoms with Gasteiger partial charge < -0.3 is 0 Å². The Morgan fingerprint density at radius 2 is 2.05 bits per heavy atom. The highest BCUT2D eigenvalue weighted by Gasteiger charge is 2.36. The molecule has 0 atom stereocenters. The van der Waals surface area contributed by atoms with E-state index in [1.165, 1.54) is 11.0 Å². The molecule has 20 heavy (non-hydrogen) atoms. The summed E-state index contributed by atoms with van der Waals surface area (Å²) in [5.41, 5.74) is 0.960. The number of Topliss-reactive ketones (excluding diaryl/α,β-unsaturated/α-hetero) is 1. The Balaban J connectivity index is 2.04. The smallest absolute Gasteiger partial charge is 0.299 e. The minimum Gasteiger partial charge on any atom is -0.299 e. The van der Waals surface area contributed by atoms with Crippen LogP contribution in [0.2, 0.25) is 5.02 Å². The third kappa shape index (κ3) is 1.96. The van der Waals surface area contributed by atoms with E-state index in [-0.39, 0.29) is 22.8 Å². The van der Waals surface area contributed by atoms with Crippen molar-refractivity contribution in [1.29, 1.82) is 0 Å². The minimum atomic E-state index is -0.702. The number of nitrogens with zero attached hydrogens (tertiary/aromatic N) is 2. The fourth-order valence-electron chi connectivity index (χ4n) is 2.10. The number of aromatic nitrogens is 1. The van der Waals surface area contributed by atoms with Crippen molar-refractivity contribution in [3.63, 3.8) is 0 Å². The molecule has 1 amide bonds. The second-order valence-corrected chi connectivity index (χ2v) is 4.73. The van der Waals surface area contributed by atoms with E-state index in [9.17, 15) is 14.0 Å². The summed E-state index contributed by atoms with van der Waals surface area (Å²) < 4.78 is 13.5. The second kappa shape index (κ2) is 4.68. The molecule has 0 N–H and O–H groups in total. The topological polar surface area (TPSA) is 50.3 Å². The van der Waals surface area contributed by atoms with E-state index in [1.54, 1.807) is 24.4 Å². The summed E-state index contributed by atoms with van der Waals surface area (Å²) in [7, 11) is 0. The molecule has 1 aromatic heterocycles. The Labute approximate surface area is 118 Å². The van der Waals surface area contributed by atoms with Crippen molar-refractivity contribution in [2.24, 2.45) is 0 Å². The van der Waals surface area contributed by atoms with Gasteiger partial charge in [-0.05, 0) is 24.3 Å². The molecule has 2 aromatic rings. The van der Waals surface area contributed by atoms with E-state index in [0.29, 0.717) is 5.69 Å². The number of pyridine rings is 1. The molecule has 0 bridgehead atoms. The molecule has 2 heterocycles. The van der Waals surface area contributed by atoms with Crippen molar-refractivity contribution in [2.75, 3.05) is 4.90 Å². The molecule has 100 valence electrons. The van der Waals surface area contributed by atoms with Gasteiger partial charge in [0.25, 0.3) is 11.7 Å². The molecule has 0 radical (unpaired) electrons. The van der Waals surface area contributed by atoms with Crippen LogP contribution in [-0.2, 0) is 11.3 Å². The van der Waals surface area contributed by atoms with Gasteiger partial charge in [-0.25, -0.2) is 4.39 Å². The van der Waals surface area contributed by atoms with Crippen LogP contribution in [0.4, 0.5) is 10.1 Å². The van der Waals surface area contributed by atoms with Gasteiger partial charge in [-0.2, -0.15) is 0 Å². The SMILES string of the molecule is O=C1C(=O)N(Cc2ccccn2)c2cc(F)c(Cl)cc21. The number of anilines is 1. The highest BCUT2D eigenvalue weighted by atomic mass is 35.5. The number of ketones is 1. The van der Waals surface area contributed by atoms with Gasteiger partial charge in [-0.3, -0.25) is 19.5 Å². The summed E-state index contributed by atoms with van der Waals surface area (Å²) in [5, 5.41) is -0.176. The number of carbonyl (C=O) groups excluding carboxylic acids is 2. The Morgan fingerprint density at radius 1 is 1.25 bits per heavy atom. The molecule has 0 aliphatic carbocycles. The average molecular weight is 291 g/mol. The molecule has 1 aliphatic rings. The molecule has 0 unspecified atom stereocenters. The van der Waals surface area contributed by atoms with E-state index in [2.05, 4.69) is 4.98 Å². The third-order valence-corrected chi connectivity index (χ3v) is 3.35. The number of rotatable bonds is 2. The fraction of sp³-hybridized carbons (Fsp3) is 0.0714. The van der Waals surface area contributed by atoms with Gasteiger partial charge in [-0.15, -0.1) is 0 Å². The standard InChI is InChI=1S/C14H8ClFN2O2/c15-10-5-9-12(6-11(10)16)18(14(20)13(9)19)7-8-3-1-2-4-17-8/h1-6H,7H2. The first-order valence-electron chi connectivity index (χ1n) is 5.83. The van der Waals surface area contributed by atoms with Crippen molar-refractivity contribution in [3.8, 4) is 0 Å². The van der Waals surface area contributed by atoms with Crippen LogP contribution in [-0.4, -0.2) is 16.7 Å². The maximum atomic E-state index is 13.5. The van der Waals surface area contributed by atoms with Crippen LogP contribution in [0.3, 0.4) is 0 Å². The summed E-state index contributed by atoms with van der Waals surface area (Å²) in [6, 6.07) is 7.53. The Hall–Kier alpha value is -2.27. The largest absolute Gasteiger partial charge is 0.299 e. The van der Waals surface area contributed by atoms with Gasteiger partial charge in [0.1, 0.15) is 5.82 Å². The first-order chi connectivity index (χ1) is 9.58. The van der Waals surface area contributed by atoms with Crippen LogP contribution in [0.25, 0.3) is 0 Å². The highest BCUT2D eigenvalue weighted by molar-refractivity contribution is 6.52. The summed E-state index contributed by atoms with van der Waals surface area (Å²) >= 11 is 5.64. The molecule has 1 aliphatic heterocycles. The van der Waals surface area contributed by atoms with Crippen molar-refractivity contribution >= 4 is 29.0 Å². The van der Waals surface area contributed by atoms with Gasteiger partial charge in [0.15, 0.2) is 0 Å². The van der Waals surface area contributed by atoms with Crippen molar-refractivity contribution in [1.82, 2.24) is 4.98 Å². The Kier molecular flexibility index (Phi) is 2.99. The lowest BCUT2D eigenvalue weighted by Gasteiger charge is -2.16. The van der Waals surface area contributed by atoms with Gasteiger partial charge in [0.2, 0.25) is 0 Å². The number of hydrogen-bond donors (Lipinski definition) is 0. The van der Waals surface area contributed by atoms with Crippen LogP contribution in [0.1, 0.15) is 16.1 Å². The Morgan fingerprint density at radius 3 is 2.75 bits per heavy atom. The van der Waals surface area contributed by atoms with Gasteiger partial charge in [0.05, 0.1) is 28.5 Å². The molecule has 0 fully saturated rings. The average Bonchev–Trinajstić information content (AvgIpc) is 2.66. The normalized spacial score (nSPS) is 13.8. The number of halogens is 2. The number of amides is 1. The third-order valence-electron chi connectivity index (χ3n) is 3.06. The van der Waals surface area contributed by atoms with Crippen molar-refractivity contribution in [2.45, 2.75) is 6.54 Å². The number of benzene rings is 1. The molecule has 0 spiro atoms. The molecule has 6 heteroatoms. The summed E-state index contributed by atoms with van der Waals surface area (Å²) in [6.45, 7) is 0.111. The van der Waals surface area contributed by atoms with Crippen LogP contribution >= 0.6 is 11.6 Å². The van der Waals surface area contributed by atoms with Crippen LogP contribution in [0.15, 0.2) is 36.5 Å². The molecule has 4 nitrogen and oxygen atoms in total. The maximum absolute atomic E-state index is 13.5.